The number of alkyl halides is 3. The van der Waals surface area contributed by atoms with Crippen LogP contribution in [0.2, 0.25) is 0 Å². The zero-order valence-corrected chi connectivity index (χ0v) is 12.7. The van der Waals surface area contributed by atoms with Crippen LogP contribution in [-0.2, 0) is 12.7 Å². The highest BCUT2D eigenvalue weighted by Crippen LogP contribution is 2.29. The van der Waals surface area contributed by atoms with Crippen LogP contribution in [0.15, 0.2) is 40.8 Å². The van der Waals surface area contributed by atoms with Crippen LogP contribution in [0.1, 0.15) is 16.8 Å². The van der Waals surface area contributed by atoms with Gasteiger partial charge in [0.2, 0.25) is 0 Å². The summed E-state index contributed by atoms with van der Waals surface area (Å²) < 4.78 is 40.1. The van der Waals surface area contributed by atoms with Gasteiger partial charge >= 0.3 is 11.9 Å². The van der Waals surface area contributed by atoms with Gasteiger partial charge in [-0.05, 0) is 24.6 Å². The van der Waals surface area contributed by atoms with Crippen LogP contribution >= 0.6 is 11.3 Å². The molecule has 2 heterocycles. The molecule has 0 unspecified atom stereocenters. The van der Waals surface area contributed by atoms with Crippen molar-refractivity contribution in [3.8, 4) is 5.13 Å². The fourth-order valence-corrected chi connectivity index (χ4v) is 2.77. The minimum Gasteiger partial charge on any atom is -0.245 e. The van der Waals surface area contributed by atoms with E-state index in [0.29, 0.717) is 10.7 Å². The van der Waals surface area contributed by atoms with Gasteiger partial charge in [0, 0.05) is 5.38 Å². The zero-order chi connectivity index (χ0) is 16.6. The predicted molar refractivity (Wildman–Crippen MR) is 78.8 cm³/mol. The fraction of sp³-hybridized carbons (Fsp3) is 0.214. The largest absolute Gasteiger partial charge is 0.416 e. The van der Waals surface area contributed by atoms with Crippen molar-refractivity contribution in [2.24, 2.45) is 0 Å². The van der Waals surface area contributed by atoms with Gasteiger partial charge in [0.05, 0.1) is 17.8 Å². The molecule has 23 heavy (non-hydrogen) atoms. The average molecular weight is 340 g/mol. The van der Waals surface area contributed by atoms with Crippen LogP contribution in [0.5, 0.6) is 0 Å². The first-order valence-corrected chi connectivity index (χ1v) is 7.45. The second kappa shape index (κ2) is 5.65. The van der Waals surface area contributed by atoms with Gasteiger partial charge in [0.1, 0.15) is 6.33 Å². The van der Waals surface area contributed by atoms with E-state index >= 15 is 0 Å². The summed E-state index contributed by atoms with van der Waals surface area (Å²) in [6, 6.07) is 4.65. The first-order valence-electron chi connectivity index (χ1n) is 6.58. The second-order valence-corrected chi connectivity index (χ2v) is 5.74. The monoisotopic (exact) mass is 340 g/mol. The summed E-state index contributed by atoms with van der Waals surface area (Å²) >= 11 is 1.31. The highest BCUT2D eigenvalue weighted by Gasteiger charge is 2.29. The maximum atomic E-state index is 12.5. The Kier molecular flexibility index (Phi) is 3.80. The number of hydrogen-bond donors (Lipinski definition) is 0. The highest BCUT2D eigenvalue weighted by atomic mass is 32.1. The lowest BCUT2D eigenvalue weighted by molar-refractivity contribution is -0.137. The van der Waals surface area contributed by atoms with E-state index in [1.807, 2.05) is 12.3 Å². The summed E-state index contributed by atoms with van der Waals surface area (Å²) in [7, 11) is 0. The van der Waals surface area contributed by atoms with Crippen LogP contribution < -0.4 is 5.69 Å². The van der Waals surface area contributed by atoms with Gasteiger partial charge in [-0.3, -0.25) is 0 Å². The molecule has 0 aliphatic rings. The normalized spacial score (nSPS) is 11.8. The average Bonchev–Trinajstić information content (AvgIpc) is 3.06. The molecular weight excluding hydrogens is 329 g/mol. The molecule has 2 aromatic heterocycles. The maximum absolute atomic E-state index is 12.5. The minimum absolute atomic E-state index is 0.0916. The highest BCUT2D eigenvalue weighted by molar-refractivity contribution is 7.12. The lowest BCUT2D eigenvalue weighted by atomic mass is 10.1. The molecule has 0 radical (unpaired) electrons. The standard InChI is InChI=1S/C14H11F3N4OS/c1-9-7-23-12(19-9)20-8-18-21(13(20)22)6-10-2-4-11(5-3-10)14(15,16)17/h2-5,7-8H,6H2,1H3. The van der Waals surface area contributed by atoms with Crippen molar-refractivity contribution in [1.29, 1.82) is 0 Å². The molecular formula is C14H11F3N4OS. The van der Waals surface area contributed by atoms with E-state index in [0.717, 1.165) is 17.8 Å². The Hall–Kier alpha value is -2.42. The number of halogens is 3. The molecule has 9 heteroatoms. The lowest BCUT2D eigenvalue weighted by Gasteiger charge is -2.07. The summed E-state index contributed by atoms with van der Waals surface area (Å²) in [4.78, 5) is 16.5. The van der Waals surface area contributed by atoms with Crippen molar-refractivity contribution in [2.45, 2.75) is 19.6 Å². The van der Waals surface area contributed by atoms with Crippen molar-refractivity contribution < 1.29 is 13.2 Å². The SMILES string of the molecule is Cc1csc(-n2cnn(Cc3ccc(C(F)(F)F)cc3)c2=O)n1. The molecule has 0 fully saturated rings. The van der Waals surface area contributed by atoms with Gasteiger partial charge in [-0.1, -0.05) is 12.1 Å². The molecule has 0 aliphatic carbocycles. The van der Waals surface area contributed by atoms with Gasteiger partial charge in [0.15, 0.2) is 5.13 Å². The van der Waals surface area contributed by atoms with E-state index in [9.17, 15) is 18.0 Å². The number of benzene rings is 1. The summed E-state index contributed by atoms with van der Waals surface area (Å²) in [5.74, 6) is 0. The molecule has 5 nitrogen and oxygen atoms in total. The Labute approximate surface area is 132 Å². The second-order valence-electron chi connectivity index (χ2n) is 4.91. The Bertz CT molecular complexity index is 877. The molecule has 0 spiro atoms. The van der Waals surface area contributed by atoms with E-state index in [4.69, 9.17) is 0 Å². The molecule has 3 aromatic rings. The first kappa shape index (κ1) is 15.5. The first-order chi connectivity index (χ1) is 10.8. The van der Waals surface area contributed by atoms with Gasteiger partial charge in [-0.15, -0.1) is 11.3 Å². The van der Waals surface area contributed by atoms with Gasteiger partial charge < -0.3 is 0 Å². The van der Waals surface area contributed by atoms with Crippen molar-refractivity contribution in [3.63, 3.8) is 0 Å². The molecule has 0 saturated heterocycles. The molecule has 0 aliphatic heterocycles. The van der Waals surface area contributed by atoms with Crippen LogP contribution in [-0.4, -0.2) is 19.3 Å². The maximum Gasteiger partial charge on any atom is 0.416 e. The van der Waals surface area contributed by atoms with E-state index in [1.165, 1.54) is 39.0 Å². The van der Waals surface area contributed by atoms with Crippen molar-refractivity contribution in [3.05, 3.63) is 63.3 Å². The Morgan fingerprint density at radius 2 is 1.91 bits per heavy atom. The van der Waals surface area contributed by atoms with Crippen LogP contribution in [0.4, 0.5) is 13.2 Å². The van der Waals surface area contributed by atoms with E-state index in [1.54, 1.807) is 0 Å². The van der Waals surface area contributed by atoms with Crippen LogP contribution in [0, 0.1) is 6.92 Å². The summed E-state index contributed by atoms with van der Waals surface area (Å²) in [6.07, 6.45) is -3.02. The molecule has 1 aromatic carbocycles. The quantitative estimate of drug-likeness (QED) is 0.737. The third-order valence-corrected chi connectivity index (χ3v) is 4.12. The molecule has 3 rings (SSSR count). The number of nitrogens with zero attached hydrogens (tertiary/aromatic N) is 4. The summed E-state index contributed by atoms with van der Waals surface area (Å²) in [6.45, 7) is 1.91. The number of hydrogen-bond acceptors (Lipinski definition) is 4. The Morgan fingerprint density at radius 1 is 1.22 bits per heavy atom. The van der Waals surface area contributed by atoms with E-state index in [-0.39, 0.29) is 12.2 Å². The van der Waals surface area contributed by atoms with Gasteiger partial charge in [0.25, 0.3) is 0 Å². The molecule has 0 bridgehead atoms. The molecule has 0 saturated carbocycles. The third kappa shape index (κ3) is 3.19. The molecule has 0 atom stereocenters. The lowest BCUT2D eigenvalue weighted by Crippen LogP contribution is -2.24. The van der Waals surface area contributed by atoms with Crippen molar-refractivity contribution in [2.75, 3.05) is 0 Å². The summed E-state index contributed by atoms with van der Waals surface area (Å²) in [5, 5.41) is 6.30. The third-order valence-electron chi connectivity index (χ3n) is 3.16. The van der Waals surface area contributed by atoms with Gasteiger partial charge in [-0.2, -0.15) is 18.3 Å². The van der Waals surface area contributed by atoms with Crippen LogP contribution in [0.3, 0.4) is 0 Å². The zero-order valence-electron chi connectivity index (χ0n) is 11.9. The Morgan fingerprint density at radius 3 is 2.48 bits per heavy atom. The smallest absolute Gasteiger partial charge is 0.245 e. The van der Waals surface area contributed by atoms with E-state index in [2.05, 4.69) is 10.1 Å². The minimum atomic E-state index is -4.38. The number of aryl methyl sites for hydroxylation is 1. The van der Waals surface area contributed by atoms with E-state index < -0.39 is 11.7 Å². The topological polar surface area (TPSA) is 52.7 Å². The van der Waals surface area contributed by atoms with Gasteiger partial charge in [-0.25, -0.2) is 19.0 Å². The van der Waals surface area contributed by atoms with Crippen molar-refractivity contribution >= 4 is 11.3 Å². The molecule has 0 N–H and O–H groups in total. The van der Waals surface area contributed by atoms with Crippen LogP contribution in [0.25, 0.3) is 5.13 Å². The molecule has 0 amide bonds. The number of rotatable bonds is 3. The summed E-state index contributed by atoms with van der Waals surface area (Å²) in [5.41, 5.74) is 0.240. The number of thiazole rings is 1. The number of aromatic nitrogens is 4. The Balaban J connectivity index is 1.84. The predicted octanol–water partition coefficient (Wildman–Crippen LogP) is 2.87. The molecule has 120 valence electrons. The van der Waals surface area contributed by atoms with Crippen molar-refractivity contribution in [1.82, 2.24) is 19.3 Å². The fourth-order valence-electron chi connectivity index (χ4n) is 2.00.